The second-order valence-electron chi connectivity index (χ2n) is 9.73. The average molecular weight is 298 g/mol. The SMILES string of the molecule is CC(C)C(=O)C(CC(C)(C)C)(CC(C)(C)C)N(C)C(C)C. The zero-order valence-electron chi connectivity index (χ0n) is 16.4. The minimum Gasteiger partial charge on any atom is -0.297 e. The molecule has 0 aliphatic carbocycles. The number of hydrogen-bond donors (Lipinski definition) is 0. The monoisotopic (exact) mass is 297 g/mol. The van der Waals surface area contributed by atoms with Gasteiger partial charge >= 0.3 is 0 Å². The van der Waals surface area contributed by atoms with Crippen LogP contribution in [0.4, 0.5) is 0 Å². The quantitative estimate of drug-likeness (QED) is 0.674. The molecule has 0 aromatic heterocycles. The lowest BCUT2D eigenvalue weighted by molar-refractivity contribution is -0.140. The molecule has 21 heavy (non-hydrogen) atoms. The van der Waals surface area contributed by atoms with Crippen LogP contribution in [0.3, 0.4) is 0 Å². The highest BCUT2D eigenvalue weighted by Gasteiger charge is 2.48. The molecule has 126 valence electrons. The zero-order chi connectivity index (χ0) is 17.2. The maximum absolute atomic E-state index is 13.2. The van der Waals surface area contributed by atoms with E-state index in [2.05, 4.69) is 67.3 Å². The molecule has 0 rings (SSSR count). The van der Waals surface area contributed by atoms with Crippen LogP contribution in [-0.2, 0) is 4.79 Å². The fourth-order valence-corrected chi connectivity index (χ4v) is 3.45. The topological polar surface area (TPSA) is 20.3 Å². The molecule has 0 amide bonds. The number of likely N-dealkylation sites (N-methyl/N-ethyl adjacent to an activating group) is 1. The number of hydrogen-bond acceptors (Lipinski definition) is 2. The van der Waals surface area contributed by atoms with Crippen LogP contribution in [0.5, 0.6) is 0 Å². The van der Waals surface area contributed by atoms with Crippen LogP contribution < -0.4 is 0 Å². The molecule has 0 aliphatic rings. The lowest BCUT2D eigenvalue weighted by Crippen LogP contribution is -2.60. The molecule has 0 aromatic rings. The molecule has 2 heteroatoms. The predicted molar refractivity (Wildman–Crippen MR) is 93.6 cm³/mol. The van der Waals surface area contributed by atoms with Crippen molar-refractivity contribution in [1.82, 2.24) is 4.90 Å². The van der Waals surface area contributed by atoms with Gasteiger partial charge in [-0.25, -0.2) is 0 Å². The van der Waals surface area contributed by atoms with E-state index in [1.807, 2.05) is 13.8 Å². The van der Waals surface area contributed by atoms with Crippen LogP contribution in [0.1, 0.15) is 82.1 Å². The first-order valence-corrected chi connectivity index (χ1v) is 8.40. The average Bonchev–Trinajstić information content (AvgIpc) is 2.21. The van der Waals surface area contributed by atoms with E-state index in [-0.39, 0.29) is 22.3 Å². The maximum atomic E-state index is 13.2. The van der Waals surface area contributed by atoms with Crippen LogP contribution in [-0.4, -0.2) is 29.3 Å². The summed E-state index contributed by atoms with van der Waals surface area (Å²) >= 11 is 0. The van der Waals surface area contributed by atoms with Gasteiger partial charge in [-0.3, -0.25) is 9.69 Å². The van der Waals surface area contributed by atoms with Gasteiger partial charge in [0.2, 0.25) is 0 Å². The van der Waals surface area contributed by atoms with E-state index >= 15 is 0 Å². The lowest BCUT2D eigenvalue weighted by Gasteiger charge is -2.49. The summed E-state index contributed by atoms with van der Waals surface area (Å²) < 4.78 is 0. The van der Waals surface area contributed by atoms with Crippen LogP contribution in [0.15, 0.2) is 0 Å². The Kier molecular flexibility index (Phi) is 6.69. The van der Waals surface area contributed by atoms with Crippen molar-refractivity contribution in [3.8, 4) is 0 Å². The predicted octanol–water partition coefficient (Wildman–Crippen LogP) is 5.16. The number of carbonyl (C=O) groups excluding carboxylic acids is 1. The highest BCUT2D eigenvalue weighted by Crippen LogP contribution is 2.42. The van der Waals surface area contributed by atoms with Gasteiger partial charge in [-0.05, 0) is 44.6 Å². The van der Waals surface area contributed by atoms with Gasteiger partial charge in [0.05, 0.1) is 5.54 Å². The van der Waals surface area contributed by atoms with Crippen LogP contribution >= 0.6 is 0 Å². The van der Waals surface area contributed by atoms with Crippen molar-refractivity contribution in [2.45, 2.75) is 93.7 Å². The molecule has 0 saturated carbocycles. The van der Waals surface area contributed by atoms with Gasteiger partial charge in [0.25, 0.3) is 0 Å². The molecule has 0 spiro atoms. The van der Waals surface area contributed by atoms with Crippen molar-refractivity contribution in [3.05, 3.63) is 0 Å². The van der Waals surface area contributed by atoms with Crippen molar-refractivity contribution < 1.29 is 4.79 Å². The molecule has 0 atom stereocenters. The summed E-state index contributed by atoms with van der Waals surface area (Å²) in [5, 5.41) is 0. The number of ketones is 1. The molecule has 0 heterocycles. The molecule has 0 radical (unpaired) electrons. The lowest BCUT2D eigenvalue weighted by atomic mass is 9.67. The number of nitrogens with zero attached hydrogens (tertiary/aromatic N) is 1. The Morgan fingerprint density at radius 1 is 0.857 bits per heavy atom. The summed E-state index contributed by atoms with van der Waals surface area (Å²) in [6, 6.07) is 0.359. The van der Waals surface area contributed by atoms with E-state index in [0.717, 1.165) is 12.8 Å². The summed E-state index contributed by atoms with van der Waals surface area (Å²) in [4.78, 5) is 15.5. The molecular weight excluding hydrogens is 258 g/mol. The first-order chi connectivity index (χ1) is 9.12. The molecule has 0 aliphatic heterocycles. The molecule has 0 saturated heterocycles. The van der Waals surface area contributed by atoms with E-state index in [1.165, 1.54) is 0 Å². The first kappa shape index (κ1) is 20.6. The Hall–Kier alpha value is -0.370. The van der Waals surface area contributed by atoms with Crippen molar-refractivity contribution in [2.75, 3.05) is 7.05 Å². The zero-order valence-corrected chi connectivity index (χ0v) is 16.4. The van der Waals surface area contributed by atoms with Crippen molar-refractivity contribution in [3.63, 3.8) is 0 Å². The van der Waals surface area contributed by atoms with Gasteiger partial charge < -0.3 is 0 Å². The molecule has 0 N–H and O–H groups in total. The number of Topliss-reactive ketones (excluding diaryl/α,β-unsaturated/α-hetero) is 1. The second kappa shape index (κ2) is 6.81. The third-order valence-electron chi connectivity index (χ3n) is 4.08. The van der Waals surface area contributed by atoms with Gasteiger partial charge in [-0.2, -0.15) is 0 Å². The molecule has 0 bridgehead atoms. The Morgan fingerprint density at radius 3 is 1.38 bits per heavy atom. The second-order valence-corrected chi connectivity index (χ2v) is 9.73. The number of rotatable bonds is 6. The van der Waals surface area contributed by atoms with E-state index in [1.54, 1.807) is 0 Å². The first-order valence-electron chi connectivity index (χ1n) is 8.40. The van der Waals surface area contributed by atoms with Gasteiger partial charge in [-0.15, -0.1) is 0 Å². The smallest absolute Gasteiger partial charge is 0.155 e. The Balaban J connectivity index is 6.00. The van der Waals surface area contributed by atoms with Crippen LogP contribution in [0.25, 0.3) is 0 Å². The third-order valence-corrected chi connectivity index (χ3v) is 4.08. The highest BCUT2D eigenvalue weighted by atomic mass is 16.1. The third kappa shape index (κ3) is 6.10. The van der Waals surface area contributed by atoms with Gasteiger partial charge in [0.1, 0.15) is 0 Å². The van der Waals surface area contributed by atoms with Crippen molar-refractivity contribution >= 4 is 5.78 Å². The molecular formula is C19H39NO. The fraction of sp³-hybridized carbons (Fsp3) is 0.947. The minimum atomic E-state index is -0.376. The van der Waals surface area contributed by atoms with E-state index in [0.29, 0.717) is 11.8 Å². The Bertz CT molecular complexity index is 326. The maximum Gasteiger partial charge on any atom is 0.155 e. The van der Waals surface area contributed by atoms with Gasteiger partial charge in [-0.1, -0.05) is 55.4 Å². The van der Waals surface area contributed by atoms with Gasteiger partial charge in [0.15, 0.2) is 5.78 Å². The summed E-state index contributed by atoms with van der Waals surface area (Å²) in [7, 11) is 2.13. The summed E-state index contributed by atoms with van der Waals surface area (Å²) in [6.45, 7) is 21.9. The molecule has 0 fully saturated rings. The number of carbonyl (C=O) groups is 1. The molecule has 2 nitrogen and oxygen atoms in total. The van der Waals surface area contributed by atoms with Crippen LogP contribution in [0, 0.1) is 16.7 Å². The summed E-state index contributed by atoms with van der Waals surface area (Å²) in [5.74, 6) is 0.458. The van der Waals surface area contributed by atoms with E-state index in [9.17, 15) is 4.79 Å². The van der Waals surface area contributed by atoms with E-state index in [4.69, 9.17) is 0 Å². The summed E-state index contributed by atoms with van der Waals surface area (Å²) in [6.07, 6.45) is 1.81. The fourth-order valence-electron chi connectivity index (χ4n) is 3.45. The minimum absolute atomic E-state index is 0.0656. The Labute approximate surface area is 133 Å². The normalized spacial score (nSPS) is 14.4. The van der Waals surface area contributed by atoms with E-state index < -0.39 is 0 Å². The Morgan fingerprint density at radius 2 is 1.19 bits per heavy atom. The van der Waals surface area contributed by atoms with Gasteiger partial charge in [0, 0.05) is 12.0 Å². The van der Waals surface area contributed by atoms with Crippen LogP contribution in [0.2, 0.25) is 0 Å². The summed E-state index contributed by atoms with van der Waals surface area (Å²) in [5.41, 5.74) is -0.128. The molecule has 0 unspecified atom stereocenters. The largest absolute Gasteiger partial charge is 0.297 e. The molecule has 0 aromatic carbocycles. The van der Waals surface area contributed by atoms with Crippen molar-refractivity contribution in [2.24, 2.45) is 16.7 Å². The highest BCUT2D eigenvalue weighted by molar-refractivity contribution is 5.90. The van der Waals surface area contributed by atoms with Crippen molar-refractivity contribution in [1.29, 1.82) is 0 Å². The standard InChI is InChI=1S/C19H39NO/c1-14(2)16(21)19(12-17(5,6)7,13-18(8,9)10)20(11)15(3)4/h14-15H,12-13H2,1-11H3.